The second kappa shape index (κ2) is 7.93. The first-order valence-corrected chi connectivity index (χ1v) is 9.55. The minimum atomic E-state index is -0.396. The third kappa shape index (κ3) is 4.28. The van der Waals surface area contributed by atoms with Gasteiger partial charge in [-0.05, 0) is 42.7 Å². The van der Waals surface area contributed by atoms with E-state index in [4.69, 9.17) is 0 Å². The zero-order valence-corrected chi connectivity index (χ0v) is 15.6. The molecule has 2 aromatic rings. The van der Waals surface area contributed by atoms with E-state index in [-0.39, 0.29) is 17.6 Å². The number of pyridine rings is 1. The molecule has 4 rings (SSSR count). The fourth-order valence-corrected chi connectivity index (χ4v) is 3.47. The van der Waals surface area contributed by atoms with E-state index in [1.165, 1.54) is 11.6 Å². The summed E-state index contributed by atoms with van der Waals surface area (Å²) in [5.41, 5.74) is 2.13. The van der Waals surface area contributed by atoms with E-state index in [0.29, 0.717) is 24.3 Å². The highest BCUT2D eigenvalue weighted by Crippen LogP contribution is 2.30. The highest BCUT2D eigenvalue weighted by Gasteiger charge is 2.27. The van der Waals surface area contributed by atoms with Gasteiger partial charge in [0, 0.05) is 62.8 Å². The lowest BCUT2D eigenvalue weighted by atomic mass is 10.1. The molecule has 1 amide bonds. The molecule has 8 heteroatoms. The molecular formula is C20H23N5O3. The second-order valence-electron chi connectivity index (χ2n) is 7.33. The van der Waals surface area contributed by atoms with E-state index < -0.39 is 4.92 Å². The van der Waals surface area contributed by atoms with Gasteiger partial charge in [-0.3, -0.25) is 24.8 Å². The molecule has 146 valence electrons. The number of nitrogens with zero attached hydrogens (tertiary/aromatic N) is 4. The van der Waals surface area contributed by atoms with Crippen LogP contribution in [0, 0.1) is 10.1 Å². The first-order valence-electron chi connectivity index (χ1n) is 9.55. The van der Waals surface area contributed by atoms with Crippen molar-refractivity contribution in [3.63, 3.8) is 0 Å². The minimum Gasteiger partial charge on any atom is -0.363 e. The predicted octanol–water partition coefficient (Wildman–Crippen LogP) is 2.20. The number of benzene rings is 1. The Morgan fingerprint density at radius 2 is 1.86 bits per heavy atom. The summed E-state index contributed by atoms with van der Waals surface area (Å²) in [6, 6.07) is 9.02. The van der Waals surface area contributed by atoms with E-state index in [2.05, 4.69) is 15.2 Å². The largest absolute Gasteiger partial charge is 0.363 e. The van der Waals surface area contributed by atoms with Gasteiger partial charge in [-0.15, -0.1) is 0 Å². The molecule has 0 atom stereocenters. The van der Waals surface area contributed by atoms with Crippen LogP contribution in [0.3, 0.4) is 0 Å². The average Bonchev–Trinajstić information content (AvgIpc) is 3.53. The topological polar surface area (TPSA) is 91.6 Å². The molecule has 1 aliphatic heterocycles. The van der Waals surface area contributed by atoms with Crippen LogP contribution in [0.1, 0.15) is 28.8 Å². The third-order valence-electron chi connectivity index (χ3n) is 5.22. The van der Waals surface area contributed by atoms with E-state index in [1.54, 1.807) is 24.5 Å². The Bertz CT molecular complexity index is 861. The van der Waals surface area contributed by atoms with Crippen LogP contribution in [0.4, 0.5) is 11.4 Å². The fraction of sp³-hybridized carbons (Fsp3) is 0.400. The zero-order chi connectivity index (χ0) is 19.5. The Morgan fingerprint density at radius 3 is 2.50 bits per heavy atom. The Kier molecular flexibility index (Phi) is 5.21. The van der Waals surface area contributed by atoms with Crippen LogP contribution in [0.2, 0.25) is 0 Å². The van der Waals surface area contributed by atoms with Gasteiger partial charge in [0.25, 0.3) is 11.6 Å². The van der Waals surface area contributed by atoms with E-state index >= 15 is 0 Å². The molecule has 1 aliphatic carbocycles. The zero-order valence-electron chi connectivity index (χ0n) is 15.6. The quantitative estimate of drug-likeness (QED) is 0.609. The lowest BCUT2D eigenvalue weighted by Crippen LogP contribution is -2.46. The Hall–Kier alpha value is -3.00. The molecule has 2 heterocycles. The van der Waals surface area contributed by atoms with E-state index in [0.717, 1.165) is 32.5 Å². The Balaban J connectivity index is 1.43. The van der Waals surface area contributed by atoms with Crippen molar-refractivity contribution in [1.82, 2.24) is 15.2 Å². The van der Waals surface area contributed by atoms with Crippen LogP contribution in [-0.4, -0.2) is 52.9 Å². The number of carbonyl (C=O) groups excluding carboxylic acids is 1. The summed E-state index contributed by atoms with van der Waals surface area (Å²) in [5.74, 6) is -0.237. The maximum absolute atomic E-state index is 12.2. The number of carbonyl (C=O) groups is 1. The molecule has 0 radical (unpaired) electrons. The van der Waals surface area contributed by atoms with Crippen molar-refractivity contribution >= 4 is 17.3 Å². The number of anilines is 1. The molecule has 8 nitrogen and oxygen atoms in total. The number of aromatic nitrogens is 1. The molecule has 2 aliphatic rings. The van der Waals surface area contributed by atoms with Gasteiger partial charge in [0.1, 0.15) is 5.69 Å². The van der Waals surface area contributed by atoms with Crippen LogP contribution in [0.25, 0.3) is 0 Å². The molecule has 28 heavy (non-hydrogen) atoms. The SMILES string of the molecule is O=C(NC1CC1)c1ccc(N2CCN(Cc3ccncc3)CC2)c([N+](=O)[O-])c1. The van der Waals surface area contributed by atoms with Gasteiger partial charge in [-0.1, -0.05) is 0 Å². The Labute approximate surface area is 163 Å². The average molecular weight is 381 g/mol. The molecular weight excluding hydrogens is 358 g/mol. The maximum atomic E-state index is 12.2. The van der Waals surface area contributed by atoms with Gasteiger partial charge in [0.2, 0.25) is 0 Å². The monoisotopic (exact) mass is 381 g/mol. The lowest BCUT2D eigenvalue weighted by molar-refractivity contribution is -0.384. The third-order valence-corrected chi connectivity index (χ3v) is 5.22. The molecule has 1 saturated carbocycles. The number of rotatable bonds is 6. The number of amides is 1. The Morgan fingerprint density at radius 1 is 1.14 bits per heavy atom. The number of nitro groups is 1. The number of nitro benzene ring substituents is 1. The van der Waals surface area contributed by atoms with Gasteiger partial charge < -0.3 is 10.2 Å². The maximum Gasteiger partial charge on any atom is 0.293 e. The molecule has 2 fully saturated rings. The standard InChI is InChI=1S/C20H23N5O3/c26-20(22-17-2-3-17)16-1-4-18(19(13-16)25(27)28)24-11-9-23(10-12-24)14-15-5-7-21-8-6-15/h1,4-8,13,17H,2-3,9-12,14H2,(H,22,26). The van der Waals surface area contributed by atoms with Crippen molar-refractivity contribution in [2.24, 2.45) is 0 Å². The van der Waals surface area contributed by atoms with Gasteiger partial charge in [-0.2, -0.15) is 0 Å². The second-order valence-corrected chi connectivity index (χ2v) is 7.33. The van der Waals surface area contributed by atoms with Crippen LogP contribution in [0.15, 0.2) is 42.7 Å². The van der Waals surface area contributed by atoms with Crippen molar-refractivity contribution in [3.8, 4) is 0 Å². The van der Waals surface area contributed by atoms with Gasteiger partial charge in [0.05, 0.1) is 4.92 Å². The van der Waals surface area contributed by atoms with E-state index in [1.807, 2.05) is 17.0 Å². The van der Waals surface area contributed by atoms with Crippen LogP contribution in [0.5, 0.6) is 0 Å². The van der Waals surface area contributed by atoms with Crippen LogP contribution in [-0.2, 0) is 6.54 Å². The number of nitrogens with one attached hydrogen (secondary N) is 1. The molecule has 0 spiro atoms. The number of hydrogen-bond acceptors (Lipinski definition) is 6. The fourth-order valence-electron chi connectivity index (χ4n) is 3.47. The van der Waals surface area contributed by atoms with Gasteiger partial charge in [0.15, 0.2) is 0 Å². The molecule has 0 bridgehead atoms. The smallest absolute Gasteiger partial charge is 0.293 e. The summed E-state index contributed by atoms with van der Waals surface area (Å²) in [6.45, 7) is 3.91. The summed E-state index contributed by atoms with van der Waals surface area (Å²) in [4.78, 5) is 31.8. The highest BCUT2D eigenvalue weighted by molar-refractivity contribution is 5.96. The summed E-state index contributed by atoms with van der Waals surface area (Å²) < 4.78 is 0. The van der Waals surface area contributed by atoms with Crippen LogP contribution < -0.4 is 10.2 Å². The number of piperazine rings is 1. The van der Waals surface area contributed by atoms with Crippen molar-refractivity contribution in [2.75, 3.05) is 31.1 Å². The van der Waals surface area contributed by atoms with Crippen molar-refractivity contribution < 1.29 is 9.72 Å². The van der Waals surface area contributed by atoms with Crippen molar-refractivity contribution in [2.45, 2.75) is 25.4 Å². The molecule has 1 N–H and O–H groups in total. The van der Waals surface area contributed by atoms with E-state index in [9.17, 15) is 14.9 Å². The summed E-state index contributed by atoms with van der Waals surface area (Å²) in [7, 11) is 0. The summed E-state index contributed by atoms with van der Waals surface area (Å²) in [5, 5.41) is 14.5. The van der Waals surface area contributed by atoms with Crippen LogP contribution >= 0.6 is 0 Å². The van der Waals surface area contributed by atoms with Gasteiger partial charge >= 0.3 is 0 Å². The minimum absolute atomic E-state index is 0.00830. The number of hydrogen-bond donors (Lipinski definition) is 1. The highest BCUT2D eigenvalue weighted by atomic mass is 16.6. The summed E-state index contributed by atoms with van der Waals surface area (Å²) >= 11 is 0. The first kappa shape index (κ1) is 18.4. The molecule has 1 saturated heterocycles. The normalized spacial score (nSPS) is 17.4. The molecule has 1 aromatic carbocycles. The van der Waals surface area contributed by atoms with Crippen molar-refractivity contribution in [3.05, 3.63) is 64.0 Å². The molecule has 0 unspecified atom stereocenters. The lowest BCUT2D eigenvalue weighted by Gasteiger charge is -2.35. The first-order chi connectivity index (χ1) is 13.6. The summed E-state index contributed by atoms with van der Waals surface area (Å²) in [6.07, 6.45) is 5.54. The van der Waals surface area contributed by atoms with Crippen molar-refractivity contribution in [1.29, 1.82) is 0 Å². The van der Waals surface area contributed by atoms with Gasteiger partial charge in [-0.25, -0.2) is 0 Å². The molecule has 1 aromatic heterocycles. The predicted molar refractivity (Wildman–Crippen MR) is 105 cm³/mol.